The zero-order valence-electron chi connectivity index (χ0n) is 39.6. The highest BCUT2D eigenvalue weighted by Crippen LogP contribution is 2.44. The first-order chi connectivity index (χ1) is 33.3. The quantitative estimate of drug-likeness (QED) is 0.0655. The average molecular weight is 1050 g/mol. The van der Waals surface area contributed by atoms with Gasteiger partial charge >= 0.3 is 5.51 Å². The molecule has 2 atom stereocenters. The number of piperazine rings is 2. The maximum atomic E-state index is 14.2. The maximum Gasteiger partial charge on any atom is 0.501 e. The Balaban J connectivity index is 1.01. The molecule has 2 aliphatic heterocycles. The highest BCUT2D eigenvalue weighted by Gasteiger charge is 2.48. The Morgan fingerprint density at radius 3 is 2.24 bits per heavy atom. The number of hydrogen-bond donors (Lipinski definition) is 4. The van der Waals surface area contributed by atoms with Crippen molar-refractivity contribution in [2.45, 2.75) is 58.8 Å². The second kappa shape index (κ2) is 23.6. The molecule has 20 heteroatoms. The minimum Gasteiger partial charge on any atom is -0.395 e. The summed E-state index contributed by atoms with van der Waals surface area (Å²) in [6.07, 6.45) is 3.49. The van der Waals surface area contributed by atoms with Gasteiger partial charge in [0.25, 0.3) is 25.8 Å². The molecule has 7 rings (SSSR count). The van der Waals surface area contributed by atoms with E-state index < -0.39 is 52.8 Å². The first-order valence-corrected chi connectivity index (χ1v) is 27.9. The molecule has 70 heavy (non-hydrogen) atoms. The van der Waals surface area contributed by atoms with Gasteiger partial charge in [-0.05, 0) is 123 Å². The summed E-state index contributed by atoms with van der Waals surface area (Å²) in [5, 5.41) is 16.5. The Morgan fingerprint density at radius 1 is 0.900 bits per heavy atom. The highest BCUT2D eigenvalue weighted by atomic mass is 35.5. The lowest BCUT2D eigenvalue weighted by Crippen LogP contribution is -2.49. The summed E-state index contributed by atoms with van der Waals surface area (Å²) in [6, 6.07) is 25.6. The second-order valence-electron chi connectivity index (χ2n) is 18.7. The van der Waals surface area contributed by atoms with Crippen molar-refractivity contribution >= 4 is 66.1 Å². The fourth-order valence-electron chi connectivity index (χ4n) is 9.43. The minimum atomic E-state index is -6.08. The average Bonchev–Trinajstić information content (AvgIpc) is 3.33. The van der Waals surface area contributed by atoms with Crippen LogP contribution in [0, 0.1) is 5.41 Å². The number of sulfonamides is 1. The van der Waals surface area contributed by atoms with Crippen molar-refractivity contribution in [3.63, 3.8) is 0 Å². The number of carbonyl (C=O) groups is 1. The molecule has 0 spiro atoms. The third kappa shape index (κ3) is 14.1. The SMILES string of the molecule is CN(CCO)CC[C@H](CSc1ccccc1)Nc1ccc(S(=O)(=O)NC(=O)c2ccc(N3CCN(CC4=C(c5ccc(Cl)cc5)CC[C@@](C)(CN5CCNCC5)C4)CC3)cc2)cc1S(=O)(=O)C(F)(F)F. The van der Waals surface area contributed by atoms with Gasteiger partial charge < -0.3 is 30.4 Å². The Kier molecular flexibility index (Phi) is 18.1. The van der Waals surface area contributed by atoms with E-state index in [2.05, 4.69) is 44.4 Å². The molecule has 0 saturated carbocycles. The number of aliphatic hydroxyl groups excluding tert-OH is 1. The van der Waals surface area contributed by atoms with E-state index in [0.29, 0.717) is 36.4 Å². The van der Waals surface area contributed by atoms with Crippen molar-refractivity contribution in [2.24, 2.45) is 5.41 Å². The summed E-state index contributed by atoms with van der Waals surface area (Å²) in [6.45, 7) is 12.2. The van der Waals surface area contributed by atoms with Crippen LogP contribution in [0.5, 0.6) is 0 Å². The molecule has 3 aliphatic rings. The number of alkyl halides is 3. The van der Waals surface area contributed by atoms with E-state index in [9.17, 15) is 39.9 Å². The molecule has 380 valence electrons. The van der Waals surface area contributed by atoms with Gasteiger partial charge in [0, 0.05) is 105 Å². The Bertz CT molecular complexity index is 2650. The van der Waals surface area contributed by atoms with Gasteiger partial charge in [0.1, 0.15) is 4.90 Å². The third-order valence-electron chi connectivity index (χ3n) is 13.3. The molecule has 1 aliphatic carbocycles. The molecule has 2 heterocycles. The summed E-state index contributed by atoms with van der Waals surface area (Å²) in [5.74, 6) is -0.722. The largest absolute Gasteiger partial charge is 0.501 e. The first-order valence-electron chi connectivity index (χ1n) is 23.6. The van der Waals surface area contributed by atoms with Crippen LogP contribution < -0.4 is 20.3 Å². The number of amides is 1. The standard InChI is InChI=1S/C50H63ClF3N7O6S3/c1-49(36-60-24-21-55-22-25-60)20-18-45(37-8-12-40(51)13-9-37)39(33-49)34-59-26-28-61(29-27-59)42-14-10-38(11-15-42)48(63)57-70(66,67)44-16-17-46(47(32-44)69(64,65)50(52,53)54)56-41(19-23-58(2)30-31-62)35-68-43-6-4-3-5-7-43/h3-17,32,41,55-56,62H,18-31,33-36H2,1-2H3,(H,57,63)/t41-,49-/m1/s1. The summed E-state index contributed by atoms with van der Waals surface area (Å²) in [5.41, 5.74) is -1.12. The number of aliphatic hydroxyl groups is 1. The van der Waals surface area contributed by atoms with Crippen molar-refractivity contribution < 1.29 is 39.9 Å². The van der Waals surface area contributed by atoms with E-state index in [0.717, 1.165) is 107 Å². The summed E-state index contributed by atoms with van der Waals surface area (Å²) >= 11 is 7.68. The summed E-state index contributed by atoms with van der Waals surface area (Å²) in [4.78, 5) is 21.3. The van der Waals surface area contributed by atoms with Crippen LogP contribution in [0.2, 0.25) is 5.02 Å². The number of sulfone groups is 1. The van der Waals surface area contributed by atoms with Gasteiger partial charge in [0.15, 0.2) is 0 Å². The van der Waals surface area contributed by atoms with Crippen molar-refractivity contribution in [3.05, 3.63) is 119 Å². The van der Waals surface area contributed by atoms with Gasteiger partial charge in [0.05, 0.1) is 17.2 Å². The van der Waals surface area contributed by atoms with Crippen LogP contribution >= 0.6 is 23.4 Å². The van der Waals surface area contributed by atoms with E-state index in [1.54, 1.807) is 19.2 Å². The number of likely N-dealkylation sites (N-methyl/N-ethyl adjacent to an activating group) is 1. The normalized spacial score (nSPS) is 19.3. The van der Waals surface area contributed by atoms with Crippen LogP contribution in [-0.4, -0.2) is 152 Å². The Labute approximate surface area is 419 Å². The minimum absolute atomic E-state index is 0.0138. The Morgan fingerprint density at radius 2 is 1.59 bits per heavy atom. The van der Waals surface area contributed by atoms with E-state index in [1.807, 2.05) is 52.1 Å². The smallest absolute Gasteiger partial charge is 0.395 e. The van der Waals surface area contributed by atoms with Crippen LogP contribution in [0.4, 0.5) is 24.5 Å². The number of rotatable bonds is 20. The van der Waals surface area contributed by atoms with Crippen LogP contribution in [-0.2, 0) is 19.9 Å². The Hall–Kier alpha value is -4.18. The summed E-state index contributed by atoms with van der Waals surface area (Å²) < 4.78 is 97.8. The molecular weight excluding hydrogens is 983 g/mol. The lowest BCUT2D eigenvalue weighted by atomic mass is 9.71. The predicted octanol–water partition coefficient (Wildman–Crippen LogP) is 7.31. The molecule has 0 unspecified atom stereocenters. The number of thioether (sulfide) groups is 1. The molecule has 0 radical (unpaired) electrons. The zero-order valence-corrected chi connectivity index (χ0v) is 42.8. The van der Waals surface area contributed by atoms with Crippen molar-refractivity contribution in [3.8, 4) is 0 Å². The number of allylic oxidation sites excluding steroid dienone is 1. The summed E-state index contributed by atoms with van der Waals surface area (Å²) in [7, 11) is -9.19. The first kappa shape index (κ1) is 53.6. The molecule has 2 saturated heterocycles. The number of anilines is 2. The fraction of sp³-hybridized carbons (Fsp3) is 0.460. The molecule has 4 aromatic rings. The van der Waals surface area contributed by atoms with Gasteiger partial charge in [-0.25, -0.2) is 21.6 Å². The van der Waals surface area contributed by atoms with Gasteiger partial charge in [-0.2, -0.15) is 13.2 Å². The molecule has 0 bridgehead atoms. The molecule has 4 N–H and O–H groups in total. The third-order valence-corrected chi connectivity index (χ3v) is 17.6. The predicted molar refractivity (Wildman–Crippen MR) is 273 cm³/mol. The van der Waals surface area contributed by atoms with Crippen molar-refractivity contribution in [1.82, 2.24) is 24.7 Å². The van der Waals surface area contributed by atoms with Gasteiger partial charge in [-0.3, -0.25) is 9.69 Å². The lowest BCUT2D eigenvalue weighted by Gasteiger charge is -2.43. The van der Waals surface area contributed by atoms with Crippen molar-refractivity contribution in [1.29, 1.82) is 0 Å². The van der Waals surface area contributed by atoms with Crippen LogP contribution in [0.3, 0.4) is 0 Å². The van der Waals surface area contributed by atoms with Crippen LogP contribution in [0.25, 0.3) is 5.57 Å². The topological polar surface area (TPSA) is 155 Å². The van der Waals surface area contributed by atoms with E-state index >= 15 is 0 Å². The van der Waals surface area contributed by atoms with Gasteiger partial charge in [0.2, 0.25) is 0 Å². The highest BCUT2D eigenvalue weighted by molar-refractivity contribution is 7.99. The van der Waals surface area contributed by atoms with Crippen molar-refractivity contribution in [2.75, 3.05) is 108 Å². The number of hydrogen-bond acceptors (Lipinski definition) is 13. The van der Waals surface area contributed by atoms with Crippen LogP contribution in [0.1, 0.15) is 48.5 Å². The monoisotopic (exact) mass is 1050 g/mol. The van der Waals surface area contributed by atoms with E-state index in [1.165, 1.54) is 40.6 Å². The van der Waals surface area contributed by atoms with Gasteiger partial charge in [-0.15, -0.1) is 11.8 Å². The fourth-order valence-corrected chi connectivity index (χ4v) is 12.6. The molecule has 4 aromatic carbocycles. The second-order valence-corrected chi connectivity index (χ2v) is 23.9. The molecular formula is C50H63ClF3N7O6S3. The van der Waals surface area contributed by atoms with Crippen LogP contribution in [0.15, 0.2) is 117 Å². The number of nitrogens with zero attached hydrogens (tertiary/aromatic N) is 4. The van der Waals surface area contributed by atoms with Gasteiger partial charge in [-0.1, -0.05) is 54.4 Å². The number of halogens is 4. The molecule has 0 aromatic heterocycles. The number of benzene rings is 4. The number of nitrogens with one attached hydrogen (secondary N) is 3. The zero-order chi connectivity index (χ0) is 50.1. The molecule has 2 fully saturated rings. The number of carbonyl (C=O) groups excluding carboxylic acids is 1. The molecule has 13 nitrogen and oxygen atoms in total. The maximum absolute atomic E-state index is 14.2. The van der Waals surface area contributed by atoms with E-state index in [-0.39, 0.29) is 17.6 Å². The lowest BCUT2D eigenvalue weighted by molar-refractivity contribution is -0.0435. The molecule has 1 amide bonds. The van der Waals surface area contributed by atoms with E-state index in [4.69, 9.17) is 11.6 Å².